The third-order valence-electron chi connectivity index (χ3n) is 3.91. The van der Waals surface area contributed by atoms with E-state index >= 15 is 0 Å². The predicted molar refractivity (Wildman–Crippen MR) is 77.9 cm³/mol. The van der Waals surface area contributed by atoms with Crippen LogP contribution in [0.4, 0.5) is 0 Å². The maximum absolute atomic E-state index is 12.4. The first-order chi connectivity index (χ1) is 10.1. The van der Waals surface area contributed by atoms with Crippen LogP contribution in [0.1, 0.15) is 24.5 Å². The number of carbonyl (C=O) groups is 2. The molecule has 6 heteroatoms. The van der Waals surface area contributed by atoms with Gasteiger partial charge >= 0.3 is 0 Å². The zero-order chi connectivity index (χ0) is 14.8. The Morgan fingerprint density at radius 1 is 1.33 bits per heavy atom. The molecular weight excluding hydrogens is 292 g/mol. The van der Waals surface area contributed by atoms with Gasteiger partial charge in [0.1, 0.15) is 12.1 Å². The fourth-order valence-corrected chi connectivity index (χ4v) is 2.87. The Hall–Kier alpha value is -1.59. The maximum Gasteiger partial charge on any atom is 0.245 e. The zero-order valence-corrected chi connectivity index (χ0v) is 12.3. The summed E-state index contributed by atoms with van der Waals surface area (Å²) in [4.78, 5) is 25.4. The number of ether oxygens (including phenoxy) is 1. The van der Waals surface area contributed by atoms with Crippen LogP contribution in [0.5, 0.6) is 0 Å². The molecule has 5 nitrogen and oxygen atoms in total. The van der Waals surface area contributed by atoms with Gasteiger partial charge in [-0.05, 0) is 24.1 Å². The van der Waals surface area contributed by atoms with Crippen molar-refractivity contribution in [1.29, 1.82) is 0 Å². The van der Waals surface area contributed by atoms with Crippen LogP contribution < -0.4 is 5.32 Å². The van der Waals surface area contributed by atoms with Gasteiger partial charge in [0.15, 0.2) is 0 Å². The van der Waals surface area contributed by atoms with Gasteiger partial charge in [-0.25, -0.2) is 0 Å². The lowest BCUT2D eigenvalue weighted by Crippen LogP contribution is -2.49. The van der Waals surface area contributed by atoms with Gasteiger partial charge in [0.25, 0.3) is 0 Å². The van der Waals surface area contributed by atoms with Crippen LogP contribution in [0.2, 0.25) is 5.02 Å². The molecule has 1 aromatic carbocycles. The maximum atomic E-state index is 12.4. The van der Waals surface area contributed by atoms with E-state index in [9.17, 15) is 9.59 Å². The summed E-state index contributed by atoms with van der Waals surface area (Å²) in [5.41, 5.74) is 1.01. The second kappa shape index (κ2) is 6.03. The largest absolute Gasteiger partial charge is 0.370 e. The van der Waals surface area contributed by atoms with Crippen molar-refractivity contribution in [3.63, 3.8) is 0 Å². The summed E-state index contributed by atoms with van der Waals surface area (Å²) in [7, 11) is 0. The Bertz CT molecular complexity index is 546. The highest BCUT2D eigenvalue weighted by molar-refractivity contribution is 6.30. The molecule has 0 spiro atoms. The second-order valence-corrected chi connectivity index (χ2v) is 5.79. The minimum absolute atomic E-state index is 0.0110. The molecule has 0 saturated carbocycles. The van der Waals surface area contributed by atoms with Gasteiger partial charge < -0.3 is 15.0 Å². The number of nitrogens with zero attached hydrogens (tertiary/aromatic N) is 1. The average Bonchev–Trinajstić information content (AvgIpc) is 2.94. The molecule has 0 unspecified atom stereocenters. The van der Waals surface area contributed by atoms with Crippen LogP contribution in [-0.2, 0) is 14.3 Å². The van der Waals surface area contributed by atoms with Gasteiger partial charge in [-0.1, -0.05) is 23.7 Å². The van der Waals surface area contributed by atoms with E-state index in [2.05, 4.69) is 5.32 Å². The molecule has 1 N–H and O–H groups in total. The van der Waals surface area contributed by atoms with Crippen molar-refractivity contribution < 1.29 is 14.3 Å². The summed E-state index contributed by atoms with van der Waals surface area (Å²) in [5.74, 6) is -0.0565. The highest BCUT2D eigenvalue weighted by Crippen LogP contribution is 2.24. The molecule has 2 fully saturated rings. The van der Waals surface area contributed by atoms with Gasteiger partial charge in [0.2, 0.25) is 11.8 Å². The number of benzene rings is 1. The molecule has 2 aliphatic heterocycles. The molecule has 1 aromatic rings. The topological polar surface area (TPSA) is 58.6 Å². The fraction of sp³-hybridized carbons (Fsp3) is 0.467. The normalized spacial score (nSPS) is 25.8. The van der Waals surface area contributed by atoms with Crippen LogP contribution in [0, 0.1) is 0 Å². The third kappa shape index (κ3) is 3.19. The van der Waals surface area contributed by atoms with E-state index < -0.39 is 0 Å². The van der Waals surface area contributed by atoms with Gasteiger partial charge in [-0.3, -0.25) is 9.59 Å². The van der Waals surface area contributed by atoms with E-state index in [-0.39, 0.29) is 24.0 Å². The molecule has 0 radical (unpaired) electrons. The van der Waals surface area contributed by atoms with E-state index in [4.69, 9.17) is 16.3 Å². The fourth-order valence-electron chi connectivity index (χ4n) is 2.75. The van der Waals surface area contributed by atoms with Crippen LogP contribution in [0.25, 0.3) is 0 Å². The monoisotopic (exact) mass is 308 g/mol. The molecule has 3 rings (SSSR count). The molecule has 0 aromatic heterocycles. The molecule has 2 amide bonds. The summed E-state index contributed by atoms with van der Waals surface area (Å²) in [6.07, 6.45) is 0.874. The summed E-state index contributed by atoms with van der Waals surface area (Å²) < 4.78 is 5.74. The molecular formula is C15H17ClN2O3. The lowest BCUT2D eigenvalue weighted by Gasteiger charge is -2.34. The summed E-state index contributed by atoms with van der Waals surface area (Å²) in [6.45, 7) is 1.57. The molecule has 0 bridgehead atoms. The predicted octanol–water partition coefficient (Wildman–Crippen LogP) is 1.52. The highest BCUT2D eigenvalue weighted by atomic mass is 35.5. The Labute approximate surface area is 128 Å². The number of nitrogens with one attached hydrogen (secondary N) is 1. The van der Waals surface area contributed by atoms with Crippen molar-refractivity contribution in [1.82, 2.24) is 10.2 Å². The second-order valence-electron chi connectivity index (χ2n) is 5.35. The molecule has 112 valence electrons. The van der Waals surface area contributed by atoms with Crippen molar-refractivity contribution in [3.05, 3.63) is 34.9 Å². The third-order valence-corrected chi connectivity index (χ3v) is 4.17. The lowest BCUT2D eigenvalue weighted by atomic mass is 10.1. The molecule has 2 aliphatic rings. The molecule has 0 aliphatic carbocycles. The SMILES string of the molecule is O=C1CC[C@H](C(=O)N2CCO[C@@H](c3ccc(Cl)cc3)C2)N1. The summed E-state index contributed by atoms with van der Waals surface area (Å²) >= 11 is 5.88. The van der Waals surface area contributed by atoms with Crippen LogP contribution >= 0.6 is 11.6 Å². The number of hydrogen-bond donors (Lipinski definition) is 1. The minimum atomic E-state index is -0.374. The van der Waals surface area contributed by atoms with Gasteiger partial charge in [-0.15, -0.1) is 0 Å². The number of morpholine rings is 1. The zero-order valence-electron chi connectivity index (χ0n) is 11.5. The van der Waals surface area contributed by atoms with Crippen molar-refractivity contribution in [2.24, 2.45) is 0 Å². The van der Waals surface area contributed by atoms with Gasteiger partial charge in [0, 0.05) is 18.0 Å². The molecule has 2 saturated heterocycles. The van der Waals surface area contributed by atoms with Gasteiger partial charge in [-0.2, -0.15) is 0 Å². The van der Waals surface area contributed by atoms with E-state index in [0.29, 0.717) is 37.6 Å². The first kappa shape index (κ1) is 14.4. The first-order valence-corrected chi connectivity index (χ1v) is 7.46. The molecule has 21 heavy (non-hydrogen) atoms. The van der Waals surface area contributed by atoms with Crippen molar-refractivity contribution in [2.75, 3.05) is 19.7 Å². The minimum Gasteiger partial charge on any atom is -0.370 e. The van der Waals surface area contributed by atoms with Crippen molar-refractivity contribution >= 4 is 23.4 Å². The Balaban J connectivity index is 1.66. The van der Waals surface area contributed by atoms with Gasteiger partial charge in [0.05, 0.1) is 13.2 Å². The highest BCUT2D eigenvalue weighted by Gasteiger charge is 2.33. The van der Waals surface area contributed by atoms with Crippen LogP contribution in [0.15, 0.2) is 24.3 Å². The van der Waals surface area contributed by atoms with E-state index in [1.54, 1.807) is 4.90 Å². The number of hydrogen-bond acceptors (Lipinski definition) is 3. The quantitative estimate of drug-likeness (QED) is 0.901. The van der Waals surface area contributed by atoms with E-state index in [0.717, 1.165) is 5.56 Å². The van der Waals surface area contributed by atoms with Crippen molar-refractivity contribution in [3.8, 4) is 0 Å². The number of rotatable bonds is 2. The number of halogens is 1. The first-order valence-electron chi connectivity index (χ1n) is 7.09. The summed E-state index contributed by atoms with van der Waals surface area (Å²) in [5, 5.41) is 3.40. The average molecular weight is 309 g/mol. The van der Waals surface area contributed by atoms with Crippen LogP contribution in [0.3, 0.4) is 0 Å². The summed E-state index contributed by atoms with van der Waals surface area (Å²) in [6, 6.07) is 7.09. The molecule has 2 heterocycles. The van der Waals surface area contributed by atoms with Crippen LogP contribution in [-0.4, -0.2) is 42.5 Å². The van der Waals surface area contributed by atoms with E-state index in [1.165, 1.54) is 0 Å². The Kier molecular flexibility index (Phi) is 4.12. The number of amides is 2. The molecule has 2 atom stereocenters. The standard InChI is InChI=1S/C15H17ClN2O3/c16-11-3-1-10(2-4-11)13-9-18(7-8-21-13)15(20)12-5-6-14(19)17-12/h1-4,12-13H,5-9H2,(H,17,19)/t12-,13-/m1/s1. The lowest BCUT2D eigenvalue weighted by molar-refractivity contribution is -0.141. The smallest absolute Gasteiger partial charge is 0.245 e. The van der Waals surface area contributed by atoms with E-state index in [1.807, 2.05) is 24.3 Å². The Morgan fingerprint density at radius 3 is 2.76 bits per heavy atom. The Morgan fingerprint density at radius 2 is 2.10 bits per heavy atom. The number of carbonyl (C=O) groups excluding carboxylic acids is 2. The van der Waals surface area contributed by atoms with Crippen molar-refractivity contribution in [2.45, 2.75) is 25.0 Å².